The molecule has 0 radical (unpaired) electrons. The van der Waals surface area contributed by atoms with E-state index in [2.05, 4.69) is 29.8 Å². The SMILES string of the molecule is CSCc1ccc2c(c1)-c1cn(C)c(=O)cc1CNC2c1ccc(F)cc1. The number of halogens is 1. The molecule has 0 fully saturated rings. The maximum absolute atomic E-state index is 13.4. The van der Waals surface area contributed by atoms with Crippen LogP contribution in [0.3, 0.4) is 0 Å². The van der Waals surface area contributed by atoms with E-state index in [1.54, 1.807) is 29.4 Å². The predicted octanol–water partition coefficient (Wildman–Crippen LogP) is 4.25. The second-order valence-corrected chi connectivity index (χ2v) is 7.75. The smallest absolute Gasteiger partial charge is 0.250 e. The first-order valence-electron chi connectivity index (χ1n) is 8.87. The van der Waals surface area contributed by atoms with E-state index in [1.165, 1.54) is 17.7 Å². The number of aromatic nitrogens is 1. The minimum atomic E-state index is -0.241. The van der Waals surface area contributed by atoms with Crippen molar-refractivity contribution in [2.24, 2.45) is 7.05 Å². The molecule has 0 amide bonds. The second kappa shape index (κ2) is 7.33. The Labute approximate surface area is 162 Å². The van der Waals surface area contributed by atoms with Crippen LogP contribution in [0.5, 0.6) is 0 Å². The number of benzene rings is 2. The summed E-state index contributed by atoms with van der Waals surface area (Å²) in [5, 5.41) is 3.55. The van der Waals surface area contributed by atoms with Gasteiger partial charge in [0.15, 0.2) is 0 Å². The fraction of sp³-hybridized carbons (Fsp3) is 0.227. The molecule has 2 heterocycles. The lowest BCUT2D eigenvalue weighted by Gasteiger charge is -2.20. The van der Waals surface area contributed by atoms with Crippen molar-refractivity contribution in [3.05, 3.63) is 93.2 Å². The Bertz CT molecular complexity index is 1040. The van der Waals surface area contributed by atoms with E-state index in [-0.39, 0.29) is 17.4 Å². The number of nitrogens with one attached hydrogen (secondary N) is 1. The zero-order chi connectivity index (χ0) is 19.0. The molecule has 2 aromatic carbocycles. The van der Waals surface area contributed by atoms with Gasteiger partial charge in [0.1, 0.15) is 5.82 Å². The molecule has 27 heavy (non-hydrogen) atoms. The van der Waals surface area contributed by atoms with Crippen molar-refractivity contribution in [2.75, 3.05) is 6.26 Å². The second-order valence-electron chi connectivity index (χ2n) is 6.88. The van der Waals surface area contributed by atoms with Crippen LogP contribution < -0.4 is 10.9 Å². The van der Waals surface area contributed by atoms with Gasteiger partial charge < -0.3 is 9.88 Å². The minimum Gasteiger partial charge on any atom is -0.318 e. The van der Waals surface area contributed by atoms with Gasteiger partial charge in [-0.1, -0.05) is 24.3 Å². The molecule has 1 N–H and O–H groups in total. The van der Waals surface area contributed by atoms with Gasteiger partial charge in [-0.2, -0.15) is 11.8 Å². The van der Waals surface area contributed by atoms with E-state index in [1.807, 2.05) is 18.3 Å². The van der Waals surface area contributed by atoms with Gasteiger partial charge in [0.25, 0.3) is 5.56 Å². The van der Waals surface area contributed by atoms with Crippen molar-refractivity contribution < 1.29 is 4.39 Å². The van der Waals surface area contributed by atoms with Crippen molar-refractivity contribution in [3.8, 4) is 11.1 Å². The van der Waals surface area contributed by atoms with Crippen molar-refractivity contribution in [1.29, 1.82) is 0 Å². The Balaban J connectivity index is 1.92. The van der Waals surface area contributed by atoms with E-state index >= 15 is 0 Å². The molecule has 0 saturated carbocycles. The van der Waals surface area contributed by atoms with Gasteiger partial charge in [0, 0.05) is 37.2 Å². The highest BCUT2D eigenvalue weighted by Crippen LogP contribution is 2.37. The standard InChI is InChI=1S/C22H21FN2OS/c1-25-12-20-16(10-21(25)26)11-24-22(15-4-6-17(23)7-5-15)18-8-3-14(13-27-2)9-19(18)20/h3-10,12,22,24H,11,13H2,1-2H3. The van der Waals surface area contributed by atoms with Crippen molar-refractivity contribution in [2.45, 2.75) is 18.3 Å². The lowest BCUT2D eigenvalue weighted by atomic mass is 9.90. The molecule has 0 bridgehead atoms. The van der Waals surface area contributed by atoms with Gasteiger partial charge in [-0.3, -0.25) is 4.79 Å². The van der Waals surface area contributed by atoms with Gasteiger partial charge in [-0.25, -0.2) is 4.39 Å². The molecule has 1 aliphatic rings. The van der Waals surface area contributed by atoms with Gasteiger partial charge in [0.2, 0.25) is 0 Å². The summed E-state index contributed by atoms with van der Waals surface area (Å²) >= 11 is 1.78. The number of aryl methyl sites for hydroxylation is 1. The van der Waals surface area contributed by atoms with Crippen LogP contribution in [-0.2, 0) is 19.3 Å². The number of fused-ring (bicyclic) bond motifs is 3. The van der Waals surface area contributed by atoms with Crippen LogP contribution in [-0.4, -0.2) is 10.8 Å². The zero-order valence-electron chi connectivity index (χ0n) is 15.3. The molecule has 3 nitrogen and oxygen atoms in total. The van der Waals surface area contributed by atoms with Gasteiger partial charge >= 0.3 is 0 Å². The predicted molar refractivity (Wildman–Crippen MR) is 109 cm³/mol. The van der Waals surface area contributed by atoms with Gasteiger partial charge in [-0.05, 0) is 52.3 Å². The molecule has 1 atom stereocenters. The molecule has 5 heteroatoms. The summed E-state index contributed by atoms with van der Waals surface area (Å²) in [6.45, 7) is 0.583. The fourth-order valence-electron chi connectivity index (χ4n) is 3.68. The third-order valence-electron chi connectivity index (χ3n) is 5.04. The maximum Gasteiger partial charge on any atom is 0.250 e. The summed E-state index contributed by atoms with van der Waals surface area (Å²) in [5.41, 5.74) is 6.58. The summed E-state index contributed by atoms with van der Waals surface area (Å²) < 4.78 is 15.0. The highest BCUT2D eigenvalue weighted by Gasteiger charge is 2.24. The third kappa shape index (κ3) is 3.45. The number of pyridine rings is 1. The van der Waals surface area contributed by atoms with Crippen LogP contribution >= 0.6 is 11.8 Å². The topological polar surface area (TPSA) is 34.0 Å². The van der Waals surface area contributed by atoms with Crippen LogP contribution in [0.15, 0.2) is 59.5 Å². The molecule has 1 aromatic heterocycles. The quantitative estimate of drug-likeness (QED) is 0.738. The Morgan fingerprint density at radius 1 is 1.15 bits per heavy atom. The van der Waals surface area contributed by atoms with E-state index in [4.69, 9.17) is 0 Å². The Morgan fingerprint density at radius 3 is 2.67 bits per heavy atom. The fourth-order valence-corrected chi connectivity index (χ4v) is 4.19. The summed E-state index contributed by atoms with van der Waals surface area (Å²) in [5.74, 6) is 0.692. The number of hydrogen-bond donors (Lipinski definition) is 1. The summed E-state index contributed by atoms with van der Waals surface area (Å²) in [7, 11) is 1.78. The molecule has 3 aromatic rings. The Morgan fingerprint density at radius 2 is 1.93 bits per heavy atom. The van der Waals surface area contributed by atoms with E-state index in [9.17, 15) is 9.18 Å². The Hall–Kier alpha value is -2.37. The third-order valence-corrected chi connectivity index (χ3v) is 5.67. The first kappa shape index (κ1) is 18.0. The van der Waals surface area contributed by atoms with Gasteiger partial charge in [0.05, 0.1) is 6.04 Å². The molecular formula is C22H21FN2OS. The van der Waals surface area contributed by atoms with Crippen LogP contribution in [0.25, 0.3) is 11.1 Å². The molecule has 138 valence electrons. The summed E-state index contributed by atoms with van der Waals surface area (Å²) in [6.07, 6.45) is 4.01. The molecule has 0 spiro atoms. The van der Waals surface area contributed by atoms with E-state index < -0.39 is 0 Å². The summed E-state index contributed by atoms with van der Waals surface area (Å²) in [4.78, 5) is 12.2. The van der Waals surface area contributed by atoms with E-state index in [0.717, 1.165) is 33.6 Å². The lowest BCUT2D eigenvalue weighted by molar-refractivity contribution is 0.603. The monoisotopic (exact) mass is 380 g/mol. The van der Waals surface area contributed by atoms with Crippen molar-refractivity contribution in [3.63, 3.8) is 0 Å². The van der Waals surface area contributed by atoms with Crippen LogP contribution in [0, 0.1) is 5.82 Å². The van der Waals surface area contributed by atoms with Crippen molar-refractivity contribution in [1.82, 2.24) is 9.88 Å². The number of hydrogen-bond acceptors (Lipinski definition) is 3. The molecule has 0 aliphatic carbocycles. The molecular weight excluding hydrogens is 359 g/mol. The normalized spacial score (nSPS) is 15.7. The number of thioether (sulfide) groups is 1. The van der Waals surface area contributed by atoms with Crippen LogP contribution in [0.1, 0.15) is 28.3 Å². The van der Waals surface area contributed by atoms with Gasteiger partial charge in [-0.15, -0.1) is 0 Å². The molecule has 0 saturated heterocycles. The summed E-state index contributed by atoms with van der Waals surface area (Å²) in [6, 6.07) is 14.8. The first-order chi connectivity index (χ1) is 13.1. The average Bonchev–Trinajstić information content (AvgIpc) is 2.80. The highest BCUT2D eigenvalue weighted by molar-refractivity contribution is 7.97. The largest absolute Gasteiger partial charge is 0.318 e. The highest BCUT2D eigenvalue weighted by atomic mass is 32.2. The number of rotatable bonds is 3. The zero-order valence-corrected chi connectivity index (χ0v) is 16.1. The molecule has 4 rings (SSSR count). The van der Waals surface area contributed by atoms with E-state index in [0.29, 0.717) is 6.54 Å². The Kier molecular flexibility index (Phi) is 4.89. The molecule has 1 aliphatic heterocycles. The lowest BCUT2D eigenvalue weighted by Crippen LogP contribution is -2.22. The van der Waals surface area contributed by atoms with Crippen LogP contribution in [0.2, 0.25) is 0 Å². The average molecular weight is 380 g/mol. The number of nitrogens with zero attached hydrogens (tertiary/aromatic N) is 1. The minimum absolute atomic E-state index is 0.0161. The first-order valence-corrected chi connectivity index (χ1v) is 10.3. The van der Waals surface area contributed by atoms with Crippen molar-refractivity contribution >= 4 is 11.8 Å². The van der Waals surface area contributed by atoms with Crippen LogP contribution in [0.4, 0.5) is 4.39 Å². The molecule has 1 unspecified atom stereocenters. The maximum atomic E-state index is 13.4.